The van der Waals surface area contributed by atoms with Gasteiger partial charge in [-0.1, -0.05) is 0 Å². The smallest absolute Gasteiger partial charge is 0.320 e. The summed E-state index contributed by atoms with van der Waals surface area (Å²) in [6.45, 7) is 1.75. The Morgan fingerprint density at radius 2 is 2.29 bits per heavy atom. The van der Waals surface area contributed by atoms with E-state index in [4.69, 9.17) is 0 Å². The maximum absolute atomic E-state index is 12.6. The van der Waals surface area contributed by atoms with Crippen LogP contribution in [0.15, 0.2) is 18.3 Å². The van der Waals surface area contributed by atoms with Crippen LogP contribution in [0, 0.1) is 5.82 Å². The second kappa shape index (κ2) is 6.29. The van der Waals surface area contributed by atoms with Crippen molar-refractivity contribution in [2.45, 2.75) is 13.0 Å². The van der Waals surface area contributed by atoms with Crippen molar-refractivity contribution >= 4 is 22.6 Å². The number of halogens is 1. The van der Waals surface area contributed by atoms with E-state index in [-0.39, 0.29) is 11.9 Å². The lowest BCUT2D eigenvalue weighted by Crippen LogP contribution is -2.39. The Kier molecular flexibility index (Phi) is 5.02. The topological polar surface area (TPSA) is 71.1 Å². The van der Waals surface area contributed by atoms with Crippen molar-refractivity contribution in [2.75, 3.05) is 17.3 Å². The summed E-state index contributed by atoms with van der Waals surface area (Å²) in [5.74, 6) is 0.170. The van der Waals surface area contributed by atoms with Crippen LogP contribution in [0.2, 0.25) is 0 Å². The molecule has 0 saturated heterocycles. The van der Waals surface area contributed by atoms with Crippen LogP contribution in [-0.2, 0) is 10.8 Å². The Balaban J connectivity index is 2.44. The van der Waals surface area contributed by atoms with E-state index in [9.17, 15) is 13.4 Å². The van der Waals surface area contributed by atoms with Crippen molar-refractivity contribution in [1.82, 2.24) is 10.3 Å². The number of nitrogens with one attached hydrogen (secondary N) is 2. The summed E-state index contributed by atoms with van der Waals surface area (Å²) in [7, 11) is -0.969. The second-order valence-corrected chi connectivity index (χ2v) is 5.08. The van der Waals surface area contributed by atoms with Crippen LogP contribution in [0.3, 0.4) is 0 Å². The second-order valence-electron chi connectivity index (χ2n) is 3.60. The van der Waals surface area contributed by atoms with Crippen LogP contribution in [-0.4, -0.2) is 33.3 Å². The Morgan fingerprint density at radius 1 is 1.59 bits per heavy atom. The fraction of sp³-hybridized carbons (Fsp3) is 0.400. The quantitative estimate of drug-likeness (QED) is 0.851. The summed E-state index contributed by atoms with van der Waals surface area (Å²) < 4.78 is 23.5. The van der Waals surface area contributed by atoms with Crippen LogP contribution < -0.4 is 10.6 Å². The number of amides is 2. The number of hydrogen-bond donors (Lipinski definition) is 2. The number of urea groups is 1. The van der Waals surface area contributed by atoms with Crippen LogP contribution in [0.4, 0.5) is 15.0 Å². The minimum Gasteiger partial charge on any atom is -0.334 e. The molecule has 17 heavy (non-hydrogen) atoms. The first-order chi connectivity index (χ1) is 7.97. The monoisotopic (exact) mass is 259 g/mol. The fourth-order valence-corrected chi connectivity index (χ4v) is 2.01. The van der Waals surface area contributed by atoms with Crippen molar-refractivity contribution in [1.29, 1.82) is 0 Å². The summed E-state index contributed by atoms with van der Waals surface area (Å²) in [5.41, 5.74) is 0. The summed E-state index contributed by atoms with van der Waals surface area (Å²) in [6.07, 6.45) is 2.58. The largest absolute Gasteiger partial charge is 0.334 e. The van der Waals surface area contributed by atoms with Crippen molar-refractivity contribution in [2.24, 2.45) is 0 Å². The zero-order valence-electron chi connectivity index (χ0n) is 9.57. The van der Waals surface area contributed by atoms with Crippen molar-refractivity contribution in [3.63, 3.8) is 0 Å². The van der Waals surface area contributed by atoms with E-state index < -0.39 is 22.6 Å². The number of anilines is 1. The molecular weight excluding hydrogens is 245 g/mol. The van der Waals surface area contributed by atoms with Crippen molar-refractivity contribution < 1.29 is 13.4 Å². The van der Waals surface area contributed by atoms with E-state index >= 15 is 0 Å². The van der Waals surface area contributed by atoms with Crippen LogP contribution in [0.25, 0.3) is 0 Å². The molecule has 7 heteroatoms. The van der Waals surface area contributed by atoms with Gasteiger partial charge in [-0.3, -0.25) is 9.53 Å². The maximum atomic E-state index is 12.6. The molecule has 0 saturated carbocycles. The van der Waals surface area contributed by atoms with E-state index in [1.807, 2.05) is 0 Å². The van der Waals surface area contributed by atoms with Crippen LogP contribution in [0.5, 0.6) is 0 Å². The average molecular weight is 259 g/mol. The van der Waals surface area contributed by atoms with Crippen molar-refractivity contribution in [3.8, 4) is 0 Å². The Labute approximate surface area is 101 Å². The molecule has 1 aromatic rings. The molecule has 0 aliphatic rings. The molecule has 0 spiro atoms. The lowest BCUT2D eigenvalue weighted by Gasteiger charge is -2.12. The third kappa shape index (κ3) is 5.39. The summed E-state index contributed by atoms with van der Waals surface area (Å²) >= 11 is 0. The zero-order chi connectivity index (χ0) is 12.8. The first-order valence-corrected chi connectivity index (χ1v) is 6.69. The molecular formula is C10H14FN3O2S. The standard InChI is InChI=1S/C10H14FN3O2S/c1-7(6-17(2)16)13-10(15)14-9-4-3-8(11)5-12-9/h3-5,7H,6H2,1-2H3,(H2,12,13,14,15)/t7-,17-/m0/s1. The van der Waals surface area contributed by atoms with Gasteiger partial charge < -0.3 is 5.32 Å². The molecule has 0 fully saturated rings. The van der Waals surface area contributed by atoms with Gasteiger partial charge in [-0.2, -0.15) is 0 Å². The summed E-state index contributed by atoms with van der Waals surface area (Å²) in [6, 6.07) is 1.90. The number of rotatable bonds is 4. The number of carbonyl (C=O) groups is 1. The highest BCUT2D eigenvalue weighted by Gasteiger charge is 2.09. The number of nitrogens with zero attached hydrogens (tertiary/aromatic N) is 1. The Bertz CT molecular complexity index is 411. The Hall–Kier alpha value is -1.50. The highest BCUT2D eigenvalue weighted by molar-refractivity contribution is 7.84. The first kappa shape index (κ1) is 13.6. The van der Waals surface area contributed by atoms with Gasteiger partial charge in [0.05, 0.1) is 6.20 Å². The highest BCUT2D eigenvalue weighted by atomic mass is 32.2. The third-order valence-electron chi connectivity index (χ3n) is 1.83. The molecule has 0 aromatic carbocycles. The van der Waals surface area contributed by atoms with E-state index in [0.29, 0.717) is 5.75 Å². The number of hydrogen-bond acceptors (Lipinski definition) is 3. The van der Waals surface area contributed by atoms with Gasteiger partial charge in [0.1, 0.15) is 11.6 Å². The molecule has 0 bridgehead atoms. The Morgan fingerprint density at radius 3 is 2.82 bits per heavy atom. The van der Waals surface area contributed by atoms with Crippen LogP contribution >= 0.6 is 0 Å². The zero-order valence-corrected chi connectivity index (χ0v) is 10.4. The molecule has 0 unspecified atom stereocenters. The molecule has 5 nitrogen and oxygen atoms in total. The van der Waals surface area contributed by atoms with Crippen molar-refractivity contribution in [3.05, 3.63) is 24.1 Å². The molecule has 1 heterocycles. The van der Waals surface area contributed by atoms with E-state index in [1.54, 1.807) is 13.2 Å². The minimum absolute atomic E-state index is 0.207. The molecule has 94 valence electrons. The first-order valence-electron chi connectivity index (χ1n) is 4.96. The van der Waals surface area contributed by atoms with Gasteiger partial charge in [0, 0.05) is 28.9 Å². The summed E-state index contributed by atoms with van der Waals surface area (Å²) in [4.78, 5) is 15.1. The number of aromatic nitrogens is 1. The third-order valence-corrected chi connectivity index (χ3v) is 2.80. The molecule has 0 aliphatic carbocycles. The summed E-state index contributed by atoms with van der Waals surface area (Å²) in [5, 5.41) is 5.04. The maximum Gasteiger partial charge on any atom is 0.320 e. The molecule has 2 atom stereocenters. The lowest BCUT2D eigenvalue weighted by atomic mass is 10.4. The average Bonchev–Trinajstić information content (AvgIpc) is 2.19. The molecule has 1 rings (SSSR count). The molecule has 0 radical (unpaired) electrons. The van der Waals surface area contributed by atoms with E-state index in [1.165, 1.54) is 12.1 Å². The minimum atomic E-state index is -0.969. The van der Waals surface area contributed by atoms with E-state index in [2.05, 4.69) is 15.6 Å². The molecule has 2 N–H and O–H groups in total. The molecule has 2 amide bonds. The fourth-order valence-electron chi connectivity index (χ4n) is 1.22. The SMILES string of the molecule is C[C@@H](C[S@](C)=O)NC(=O)Nc1ccc(F)cn1. The highest BCUT2D eigenvalue weighted by Crippen LogP contribution is 2.03. The van der Waals surface area contributed by atoms with E-state index in [0.717, 1.165) is 6.20 Å². The normalized spacial score (nSPS) is 13.8. The number of carbonyl (C=O) groups excluding carboxylic acids is 1. The molecule has 0 aliphatic heterocycles. The number of pyridine rings is 1. The predicted molar refractivity (Wildman–Crippen MR) is 64.7 cm³/mol. The predicted octanol–water partition coefficient (Wildman–Crippen LogP) is 1.11. The van der Waals surface area contributed by atoms with Gasteiger partial charge in [-0.15, -0.1) is 0 Å². The van der Waals surface area contributed by atoms with Gasteiger partial charge in [0.25, 0.3) is 0 Å². The van der Waals surface area contributed by atoms with Gasteiger partial charge in [0.15, 0.2) is 0 Å². The molecule has 1 aromatic heterocycles. The van der Waals surface area contributed by atoms with Gasteiger partial charge >= 0.3 is 6.03 Å². The van der Waals surface area contributed by atoms with Gasteiger partial charge in [-0.05, 0) is 19.1 Å². The lowest BCUT2D eigenvalue weighted by molar-refractivity contribution is 0.250. The van der Waals surface area contributed by atoms with Crippen LogP contribution in [0.1, 0.15) is 6.92 Å². The van der Waals surface area contributed by atoms with Gasteiger partial charge in [0.2, 0.25) is 0 Å². The van der Waals surface area contributed by atoms with Gasteiger partial charge in [-0.25, -0.2) is 14.2 Å².